The molecule has 27 heavy (non-hydrogen) atoms. The van der Waals surface area contributed by atoms with Crippen LogP contribution in [0.2, 0.25) is 0 Å². The lowest BCUT2D eigenvalue weighted by Crippen LogP contribution is -2.19. The number of halogens is 3. The molecule has 148 valence electrons. The first-order valence-electron chi connectivity index (χ1n) is 8.87. The standard InChI is InChI=1S/C19H24F3N3O2/c1-5-12(6-2)24-18-15(7-3)25-16(11-23-18)14-9-8-13(10-17(14)26-4)27-19(20,21)22/h8-12H,5-7H2,1-4H3,(H,23,24). The normalized spacial score (nSPS) is 11.6. The molecule has 0 aliphatic carbocycles. The van der Waals surface area contributed by atoms with Crippen molar-refractivity contribution in [3.8, 4) is 22.8 Å². The van der Waals surface area contributed by atoms with Gasteiger partial charge >= 0.3 is 6.36 Å². The van der Waals surface area contributed by atoms with E-state index in [9.17, 15) is 13.2 Å². The van der Waals surface area contributed by atoms with Crippen LogP contribution in [0.15, 0.2) is 24.4 Å². The summed E-state index contributed by atoms with van der Waals surface area (Å²) in [6.07, 6.45) is -0.563. The molecule has 0 fully saturated rings. The van der Waals surface area contributed by atoms with Crippen molar-refractivity contribution in [2.45, 2.75) is 52.4 Å². The van der Waals surface area contributed by atoms with Gasteiger partial charge in [-0.3, -0.25) is 0 Å². The number of nitrogens with one attached hydrogen (secondary N) is 1. The van der Waals surface area contributed by atoms with Crippen molar-refractivity contribution in [3.05, 3.63) is 30.1 Å². The Kier molecular flexibility index (Phi) is 6.87. The van der Waals surface area contributed by atoms with E-state index in [4.69, 9.17) is 4.74 Å². The highest BCUT2D eigenvalue weighted by molar-refractivity contribution is 5.69. The van der Waals surface area contributed by atoms with E-state index < -0.39 is 6.36 Å². The topological polar surface area (TPSA) is 56.3 Å². The highest BCUT2D eigenvalue weighted by Crippen LogP contribution is 2.34. The molecule has 1 aromatic heterocycles. The van der Waals surface area contributed by atoms with Gasteiger partial charge in [-0.2, -0.15) is 0 Å². The van der Waals surface area contributed by atoms with Gasteiger partial charge in [0.25, 0.3) is 0 Å². The summed E-state index contributed by atoms with van der Waals surface area (Å²) >= 11 is 0. The van der Waals surface area contributed by atoms with Gasteiger partial charge in [0.05, 0.1) is 24.7 Å². The summed E-state index contributed by atoms with van der Waals surface area (Å²) in [6, 6.07) is 4.21. The van der Waals surface area contributed by atoms with Crippen LogP contribution in [-0.2, 0) is 6.42 Å². The smallest absolute Gasteiger partial charge is 0.496 e. The molecule has 0 spiro atoms. The number of methoxy groups -OCH3 is 1. The van der Waals surface area contributed by atoms with Crippen molar-refractivity contribution in [2.24, 2.45) is 0 Å². The van der Waals surface area contributed by atoms with Gasteiger partial charge < -0.3 is 14.8 Å². The summed E-state index contributed by atoms with van der Waals surface area (Å²) in [5.41, 5.74) is 1.86. The second kappa shape index (κ2) is 8.92. The molecule has 0 atom stereocenters. The summed E-state index contributed by atoms with van der Waals surface area (Å²) in [4.78, 5) is 9.11. The monoisotopic (exact) mass is 383 g/mol. The van der Waals surface area contributed by atoms with Crippen molar-refractivity contribution < 1.29 is 22.6 Å². The Labute approximate surface area is 156 Å². The molecular formula is C19H24F3N3O2. The van der Waals surface area contributed by atoms with Gasteiger partial charge in [-0.25, -0.2) is 9.97 Å². The molecule has 0 radical (unpaired) electrons. The number of ether oxygens (including phenoxy) is 2. The molecule has 0 bridgehead atoms. The lowest BCUT2D eigenvalue weighted by atomic mass is 10.1. The van der Waals surface area contributed by atoms with Crippen molar-refractivity contribution in [1.29, 1.82) is 0 Å². The number of nitrogens with zero attached hydrogens (tertiary/aromatic N) is 2. The number of hydrogen-bond acceptors (Lipinski definition) is 5. The fourth-order valence-corrected chi connectivity index (χ4v) is 2.69. The Morgan fingerprint density at radius 3 is 2.41 bits per heavy atom. The van der Waals surface area contributed by atoms with E-state index >= 15 is 0 Å². The van der Waals surface area contributed by atoms with Crippen molar-refractivity contribution in [2.75, 3.05) is 12.4 Å². The summed E-state index contributed by atoms with van der Waals surface area (Å²) in [7, 11) is 1.38. The first-order valence-corrected chi connectivity index (χ1v) is 8.87. The second-order valence-electron chi connectivity index (χ2n) is 5.97. The van der Waals surface area contributed by atoms with Gasteiger partial charge in [0, 0.05) is 17.7 Å². The molecule has 0 saturated carbocycles. The zero-order valence-corrected chi connectivity index (χ0v) is 15.9. The molecule has 2 aromatic rings. The third-order valence-electron chi connectivity index (χ3n) is 4.19. The van der Waals surface area contributed by atoms with E-state index in [2.05, 4.69) is 33.9 Å². The SMILES string of the molecule is CCc1nc(-c2ccc(OC(F)(F)F)cc2OC)cnc1NC(CC)CC. The molecule has 0 amide bonds. The van der Waals surface area contributed by atoms with Gasteiger partial charge in [0.15, 0.2) is 0 Å². The average Bonchev–Trinajstić information content (AvgIpc) is 2.64. The van der Waals surface area contributed by atoms with E-state index in [0.29, 0.717) is 23.7 Å². The molecule has 1 N–H and O–H groups in total. The summed E-state index contributed by atoms with van der Waals surface area (Å²) < 4.78 is 46.4. The van der Waals surface area contributed by atoms with E-state index in [1.807, 2.05) is 6.92 Å². The first kappa shape index (κ1) is 20.8. The van der Waals surface area contributed by atoms with Crippen molar-refractivity contribution in [3.63, 3.8) is 0 Å². The minimum absolute atomic E-state index is 0.230. The van der Waals surface area contributed by atoms with Gasteiger partial charge in [-0.05, 0) is 31.4 Å². The summed E-state index contributed by atoms with van der Waals surface area (Å²) in [5, 5.41) is 3.39. The minimum Gasteiger partial charge on any atom is -0.496 e. The van der Waals surface area contributed by atoms with Gasteiger partial charge in [-0.15, -0.1) is 13.2 Å². The van der Waals surface area contributed by atoms with Crippen LogP contribution in [0.3, 0.4) is 0 Å². The summed E-state index contributed by atoms with van der Waals surface area (Å²) in [6.45, 7) is 6.18. The van der Waals surface area contributed by atoms with E-state index in [1.54, 1.807) is 6.20 Å². The molecular weight excluding hydrogens is 359 g/mol. The number of hydrogen-bond donors (Lipinski definition) is 1. The van der Waals surface area contributed by atoms with Crippen LogP contribution >= 0.6 is 0 Å². The molecule has 0 saturated heterocycles. The number of rotatable bonds is 8. The fraction of sp³-hybridized carbons (Fsp3) is 0.474. The van der Waals surface area contributed by atoms with Gasteiger partial charge in [-0.1, -0.05) is 20.8 Å². The van der Waals surface area contributed by atoms with E-state index in [-0.39, 0.29) is 11.5 Å². The molecule has 8 heteroatoms. The number of benzene rings is 1. The van der Waals surface area contributed by atoms with Crippen LogP contribution in [0.5, 0.6) is 11.5 Å². The van der Waals surface area contributed by atoms with Crippen LogP contribution in [0.25, 0.3) is 11.3 Å². The quantitative estimate of drug-likeness (QED) is 0.678. The van der Waals surface area contributed by atoms with Crippen LogP contribution in [-0.4, -0.2) is 29.5 Å². The maximum atomic E-state index is 12.4. The van der Waals surface area contributed by atoms with Crippen LogP contribution < -0.4 is 14.8 Å². The lowest BCUT2D eigenvalue weighted by molar-refractivity contribution is -0.274. The minimum atomic E-state index is -4.76. The number of aryl methyl sites for hydroxylation is 1. The molecule has 0 unspecified atom stereocenters. The van der Waals surface area contributed by atoms with Gasteiger partial charge in [0.1, 0.15) is 17.3 Å². The third-order valence-corrected chi connectivity index (χ3v) is 4.19. The Morgan fingerprint density at radius 2 is 1.85 bits per heavy atom. The van der Waals surface area contributed by atoms with Crippen LogP contribution in [0, 0.1) is 0 Å². The average molecular weight is 383 g/mol. The number of anilines is 1. The first-order chi connectivity index (χ1) is 12.8. The highest BCUT2D eigenvalue weighted by Gasteiger charge is 2.31. The van der Waals surface area contributed by atoms with E-state index in [0.717, 1.165) is 24.4 Å². The molecule has 1 aromatic carbocycles. The number of alkyl halides is 3. The third kappa shape index (κ3) is 5.48. The molecule has 0 aliphatic rings. The zero-order valence-electron chi connectivity index (χ0n) is 15.9. The number of aromatic nitrogens is 2. The Balaban J connectivity index is 2.37. The van der Waals surface area contributed by atoms with Crippen LogP contribution in [0.4, 0.5) is 19.0 Å². The zero-order chi connectivity index (χ0) is 20.0. The Morgan fingerprint density at radius 1 is 1.15 bits per heavy atom. The highest BCUT2D eigenvalue weighted by atomic mass is 19.4. The predicted molar refractivity (Wildman–Crippen MR) is 98.1 cm³/mol. The second-order valence-corrected chi connectivity index (χ2v) is 5.97. The van der Waals surface area contributed by atoms with Gasteiger partial charge in [0.2, 0.25) is 0 Å². The fourth-order valence-electron chi connectivity index (χ4n) is 2.69. The Bertz CT molecular complexity index is 762. The Hall–Kier alpha value is -2.51. The van der Waals surface area contributed by atoms with Crippen LogP contribution in [0.1, 0.15) is 39.3 Å². The van der Waals surface area contributed by atoms with Crippen molar-refractivity contribution >= 4 is 5.82 Å². The maximum absolute atomic E-state index is 12.4. The predicted octanol–water partition coefficient (Wildman–Crippen LogP) is 5.21. The molecule has 1 heterocycles. The molecule has 2 rings (SSSR count). The molecule has 5 nitrogen and oxygen atoms in total. The molecule has 0 aliphatic heterocycles. The summed E-state index contributed by atoms with van der Waals surface area (Å²) in [5.74, 6) is 0.610. The lowest BCUT2D eigenvalue weighted by Gasteiger charge is -2.18. The van der Waals surface area contributed by atoms with Crippen molar-refractivity contribution in [1.82, 2.24) is 9.97 Å². The van der Waals surface area contributed by atoms with E-state index in [1.165, 1.54) is 25.3 Å². The largest absolute Gasteiger partial charge is 0.573 e. The maximum Gasteiger partial charge on any atom is 0.573 e.